The molecule has 3 aliphatic heterocycles. The number of amides is 7. The van der Waals surface area contributed by atoms with Crippen LogP contribution < -0.4 is 21.3 Å². The minimum atomic E-state index is -1.63. The SMILES string of the molecule is C[C@H]1CN(C(=O)[C@H](C)NC(=O)[C@@H]2COCCN2C(=O)[C@@H]2CCCN2C(=O)[C@@H](NC(=O)[C@H](Cc2cc(F)cc(F)c2)NC(=O)Nc2ccc3nc[nH]c3c2)[C@H](C)O)C2(CC2=O)C1. The van der Waals surface area contributed by atoms with Gasteiger partial charge in [0.1, 0.15) is 47.4 Å². The average molecular weight is 850 g/mol. The van der Waals surface area contributed by atoms with E-state index in [0.717, 1.165) is 12.1 Å². The topological polar surface area (TPSA) is 235 Å². The lowest BCUT2D eigenvalue weighted by Crippen LogP contribution is -2.63. The largest absolute Gasteiger partial charge is 0.391 e. The number of aliphatic hydroxyl groups is 1. The number of H-pyrrole nitrogens is 1. The van der Waals surface area contributed by atoms with Crippen molar-refractivity contribution in [3.05, 3.63) is 59.9 Å². The number of carbonyl (C=O) groups excluding carboxylic acids is 7. The summed E-state index contributed by atoms with van der Waals surface area (Å²) in [5, 5.41) is 21.1. The Kier molecular flexibility index (Phi) is 12.4. The fourth-order valence-corrected chi connectivity index (χ4v) is 8.69. The van der Waals surface area contributed by atoms with Gasteiger partial charge in [-0.25, -0.2) is 18.6 Å². The van der Waals surface area contributed by atoms with Crippen LogP contribution in [0.1, 0.15) is 52.0 Å². The molecule has 61 heavy (non-hydrogen) atoms. The van der Waals surface area contributed by atoms with Crippen molar-refractivity contribution in [3.8, 4) is 0 Å². The molecule has 4 aliphatic rings. The molecule has 4 heterocycles. The van der Waals surface area contributed by atoms with Crippen LogP contribution in [0.25, 0.3) is 11.0 Å². The highest BCUT2D eigenvalue weighted by Crippen LogP contribution is 2.48. The molecular formula is C41H49F2N9O9. The molecule has 2 aromatic carbocycles. The molecule has 7 amide bonds. The van der Waals surface area contributed by atoms with Crippen molar-refractivity contribution < 1.29 is 52.2 Å². The summed E-state index contributed by atoms with van der Waals surface area (Å²) in [5.41, 5.74) is 0.788. The summed E-state index contributed by atoms with van der Waals surface area (Å²) < 4.78 is 34.0. The van der Waals surface area contributed by atoms with E-state index in [0.29, 0.717) is 42.2 Å². The molecule has 1 aliphatic carbocycles. The molecule has 1 aromatic heterocycles. The van der Waals surface area contributed by atoms with Crippen molar-refractivity contribution in [1.29, 1.82) is 0 Å². The van der Waals surface area contributed by atoms with E-state index in [1.54, 1.807) is 23.1 Å². The second-order valence-corrected chi connectivity index (χ2v) is 16.4. The average Bonchev–Trinajstić information content (AvgIpc) is 3.65. The third kappa shape index (κ3) is 9.19. The standard InChI is InChI=1S/C41H49F2N9O9/c1-21-16-41(17-33(41)54)52(18-21)37(57)22(2)46-36(56)32-19-61-10-9-51(32)38(58)31-5-4-8-50(31)39(59)34(23(3)53)49-35(55)30(13-24-11-25(42)14-26(43)12-24)48-40(60)47-27-6-7-28-29(15-27)45-20-44-28/h6-7,11-12,14-15,20-23,30-32,34,53H,4-5,8-10,13,16-19H2,1-3H3,(H,44,45)(H,46,56)(H,49,55)(H2,47,48,60)/t21-,22+,23+,30+,31+,32+,34+,41?/m1/s1. The van der Waals surface area contributed by atoms with Gasteiger partial charge in [-0.05, 0) is 74.9 Å². The van der Waals surface area contributed by atoms with Gasteiger partial charge in [-0.3, -0.25) is 28.8 Å². The van der Waals surface area contributed by atoms with Gasteiger partial charge in [0.25, 0.3) is 0 Å². The van der Waals surface area contributed by atoms with Gasteiger partial charge in [-0.2, -0.15) is 0 Å². The van der Waals surface area contributed by atoms with Gasteiger partial charge in [-0.15, -0.1) is 0 Å². The second-order valence-electron chi connectivity index (χ2n) is 16.4. The van der Waals surface area contributed by atoms with Crippen molar-refractivity contribution in [2.75, 3.05) is 38.2 Å². The van der Waals surface area contributed by atoms with Crippen molar-refractivity contribution in [1.82, 2.24) is 40.6 Å². The Labute approximate surface area is 349 Å². The number of Topliss-reactive ketones (excluding diaryl/α,β-unsaturated/α-hetero) is 1. The first kappa shape index (κ1) is 43.1. The number of likely N-dealkylation sites (tertiary alicyclic amines) is 2. The van der Waals surface area contributed by atoms with Crippen LogP contribution in [-0.4, -0.2) is 146 Å². The number of aromatic amines is 1. The first-order valence-electron chi connectivity index (χ1n) is 20.3. The van der Waals surface area contributed by atoms with Crippen LogP contribution in [0.2, 0.25) is 0 Å². The molecule has 0 radical (unpaired) electrons. The molecule has 8 atom stereocenters. The Morgan fingerprint density at radius 1 is 0.984 bits per heavy atom. The zero-order valence-corrected chi connectivity index (χ0v) is 33.9. The second kappa shape index (κ2) is 17.5. The number of nitrogens with zero attached hydrogens (tertiary/aromatic N) is 4. The number of ether oxygens (including phenoxy) is 1. The number of aliphatic hydroxyl groups excluding tert-OH is 1. The summed E-state index contributed by atoms with van der Waals surface area (Å²) in [5.74, 6) is -5.12. The third-order valence-corrected chi connectivity index (χ3v) is 11.8. The van der Waals surface area contributed by atoms with Crippen LogP contribution in [0.5, 0.6) is 0 Å². The monoisotopic (exact) mass is 849 g/mol. The number of aromatic nitrogens is 2. The minimum absolute atomic E-state index is 0.00142. The molecule has 18 nitrogen and oxygen atoms in total. The van der Waals surface area contributed by atoms with Crippen molar-refractivity contribution in [2.45, 2.75) is 94.7 Å². The summed E-state index contributed by atoms with van der Waals surface area (Å²) in [6, 6.07) is 0.194. The lowest BCUT2D eigenvalue weighted by atomic mass is 10.0. The number of urea groups is 1. The molecule has 1 unspecified atom stereocenters. The molecular weight excluding hydrogens is 801 g/mol. The molecule has 1 spiro atoms. The van der Waals surface area contributed by atoms with Gasteiger partial charge in [-0.1, -0.05) is 6.92 Å². The number of anilines is 1. The normalized spacial score (nSPS) is 24.3. The maximum absolute atomic E-state index is 14.2. The van der Waals surface area contributed by atoms with Crippen LogP contribution in [-0.2, 0) is 39.9 Å². The van der Waals surface area contributed by atoms with E-state index >= 15 is 0 Å². The van der Waals surface area contributed by atoms with Crippen molar-refractivity contribution in [2.24, 2.45) is 5.92 Å². The van der Waals surface area contributed by atoms with Crippen LogP contribution >= 0.6 is 0 Å². The zero-order valence-electron chi connectivity index (χ0n) is 33.9. The maximum Gasteiger partial charge on any atom is 0.319 e. The summed E-state index contributed by atoms with van der Waals surface area (Å²) in [7, 11) is 0. The van der Waals surface area contributed by atoms with Gasteiger partial charge < -0.3 is 50.8 Å². The first-order chi connectivity index (χ1) is 29.0. The highest BCUT2D eigenvalue weighted by molar-refractivity contribution is 6.09. The van der Waals surface area contributed by atoms with Crippen LogP contribution in [0.15, 0.2) is 42.7 Å². The Hall–Kier alpha value is -6.02. The van der Waals surface area contributed by atoms with Crippen LogP contribution in [0, 0.1) is 17.6 Å². The predicted molar refractivity (Wildman–Crippen MR) is 212 cm³/mol. The number of nitrogens with one attached hydrogen (secondary N) is 5. The van der Waals surface area contributed by atoms with E-state index in [4.69, 9.17) is 4.74 Å². The number of morpholine rings is 1. The molecule has 20 heteroatoms. The number of hydrogen-bond acceptors (Lipinski definition) is 10. The molecule has 4 fully saturated rings. The molecule has 3 saturated heterocycles. The molecule has 6 N–H and O–H groups in total. The van der Waals surface area contributed by atoms with E-state index in [9.17, 15) is 47.4 Å². The van der Waals surface area contributed by atoms with E-state index in [1.807, 2.05) is 6.92 Å². The number of carbonyl (C=O) groups is 7. The zero-order chi connectivity index (χ0) is 43.7. The Morgan fingerprint density at radius 3 is 2.43 bits per heavy atom. The highest BCUT2D eigenvalue weighted by Gasteiger charge is 2.63. The van der Waals surface area contributed by atoms with E-state index in [-0.39, 0.29) is 56.4 Å². The minimum Gasteiger partial charge on any atom is -0.391 e. The number of benzene rings is 2. The Balaban J connectivity index is 1.03. The summed E-state index contributed by atoms with van der Waals surface area (Å²) in [6.07, 6.45) is 0.984. The van der Waals surface area contributed by atoms with Gasteiger partial charge in [0.2, 0.25) is 29.5 Å². The number of rotatable bonds is 12. The summed E-state index contributed by atoms with van der Waals surface area (Å²) >= 11 is 0. The van der Waals surface area contributed by atoms with Crippen LogP contribution in [0.4, 0.5) is 19.3 Å². The lowest BCUT2D eigenvalue weighted by molar-refractivity contribution is -0.156. The van der Waals surface area contributed by atoms with Crippen molar-refractivity contribution >= 4 is 58.1 Å². The first-order valence-corrected chi connectivity index (χ1v) is 20.3. The quantitative estimate of drug-likeness (QED) is 0.150. The Morgan fingerprint density at radius 2 is 1.72 bits per heavy atom. The van der Waals surface area contributed by atoms with Gasteiger partial charge in [0.15, 0.2) is 5.78 Å². The Bertz CT molecular complexity index is 2220. The van der Waals surface area contributed by atoms with E-state index in [1.165, 1.54) is 30.0 Å². The number of fused-ring (bicyclic) bond motifs is 1. The molecule has 0 bridgehead atoms. The lowest BCUT2D eigenvalue weighted by Gasteiger charge is -2.39. The van der Waals surface area contributed by atoms with Crippen LogP contribution in [0.3, 0.4) is 0 Å². The fourth-order valence-electron chi connectivity index (χ4n) is 8.69. The molecule has 1 saturated carbocycles. The number of ketones is 1. The van der Waals surface area contributed by atoms with Gasteiger partial charge in [0, 0.05) is 44.2 Å². The number of imidazole rings is 1. The number of hydrogen-bond donors (Lipinski definition) is 6. The number of halogens is 2. The van der Waals surface area contributed by atoms with Gasteiger partial charge in [0.05, 0.1) is 36.7 Å². The van der Waals surface area contributed by atoms with Crippen molar-refractivity contribution in [3.63, 3.8) is 0 Å². The maximum atomic E-state index is 14.2. The smallest absolute Gasteiger partial charge is 0.319 e. The van der Waals surface area contributed by atoms with E-state index in [2.05, 4.69) is 31.2 Å². The molecule has 326 valence electrons. The fraction of sp³-hybridized carbons (Fsp3) is 0.512. The third-order valence-electron chi connectivity index (χ3n) is 11.8. The summed E-state index contributed by atoms with van der Waals surface area (Å²) in [4.78, 5) is 106. The van der Waals surface area contributed by atoms with E-state index < -0.39 is 95.5 Å². The predicted octanol–water partition coefficient (Wildman–Crippen LogP) is 0.743. The molecule has 7 rings (SSSR count). The molecule has 3 aromatic rings. The van der Waals surface area contributed by atoms with Gasteiger partial charge >= 0.3 is 6.03 Å². The summed E-state index contributed by atoms with van der Waals surface area (Å²) in [6.45, 7) is 5.13. The highest BCUT2D eigenvalue weighted by atomic mass is 19.1.